The van der Waals surface area contributed by atoms with Crippen molar-refractivity contribution in [2.45, 2.75) is 18.4 Å². The number of rotatable bonds is 4. The molecule has 0 aromatic carbocycles. The zero-order valence-corrected chi connectivity index (χ0v) is 14.6. The van der Waals surface area contributed by atoms with Crippen molar-refractivity contribution in [3.63, 3.8) is 0 Å². The zero-order valence-electron chi connectivity index (χ0n) is 13.8. The van der Waals surface area contributed by atoms with Gasteiger partial charge in [-0.1, -0.05) is 6.92 Å². The van der Waals surface area contributed by atoms with Crippen molar-refractivity contribution in [1.29, 1.82) is 0 Å². The Balaban J connectivity index is 1.64. The molecule has 2 aromatic heterocycles. The molecule has 0 saturated carbocycles. The van der Waals surface area contributed by atoms with E-state index in [-0.39, 0.29) is 5.91 Å². The summed E-state index contributed by atoms with van der Waals surface area (Å²) in [5.74, 6) is 1.75. The maximum atomic E-state index is 12.7. The van der Waals surface area contributed by atoms with E-state index in [1.54, 1.807) is 30.4 Å². The lowest BCUT2D eigenvalue weighted by Crippen LogP contribution is -2.35. The summed E-state index contributed by atoms with van der Waals surface area (Å²) in [6.45, 7) is 5.10. The fourth-order valence-electron chi connectivity index (χ4n) is 2.70. The number of hydrogen-bond donors (Lipinski definition) is 0. The van der Waals surface area contributed by atoms with Crippen molar-refractivity contribution >= 4 is 23.6 Å². The van der Waals surface area contributed by atoms with Crippen LogP contribution in [0, 0.1) is 0 Å². The van der Waals surface area contributed by atoms with Gasteiger partial charge in [0.1, 0.15) is 0 Å². The molecule has 0 unspecified atom stereocenters. The van der Waals surface area contributed by atoms with Crippen LogP contribution in [0.25, 0.3) is 0 Å². The largest absolute Gasteiger partial charge is 0.339 e. The van der Waals surface area contributed by atoms with E-state index in [1.165, 1.54) is 0 Å². The molecule has 24 heavy (non-hydrogen) atoms. The first-order valence-corrected chi connectivity index (χ1v) is 9.16. The van der Waals surface area contributed by atoms with Crippen LogP contribution in [0.5, 0.6) is 0 Å². The van der Waals surface area contributed by atoms with Gasteiger partial charge in [-0.15, -0.1) is 11.8 Å². The number of hydrogen-bond acceptors (Lipinski definition) is 6. The van der Waals surface area contributed by atoms with Crippen molar-refractivity contribution in [1.82, 2.24) is 19.9 Å². The first-order valence-electron chi connectivity index (χ1n) is 8.18. The number of carbonyl (C=O) groups is 1. The number of amides is 1. The van der Waals surface area contributed by atoms with Gasteiger partial charge in [-0.05, 0) is 30.4 Å². The number of pyridine rings is 1. The highest BCUT2D eigenvalue weighted by molar-refractivity contribution is 7.99. The minimum atomic E-state index is 0.0476. The summed E-state index contributed by atoms with van der Waals surface area (Å²) in [6.07, 6.45) is 6.08. The fourth-order valence-corrected chi connectivity index (χ4v) is 3.28. The molecule has 0 N–H and O–H groups in total. The van der Waals surface area contributed by atoms with E-state index in [0.717, 1.165) is 42.8 Å². The lowest BCUT2D eigenvalue weighted by Gasteiger charge is -2.22. The van der Waals surface area contributed by atoms with Crippen molar-refractivity contribution in [2.24, 2.45) is 0 Å². The van der Waals surface area contributed by atoms with Gasteiger partial charge in [-0.25, -0.2) is 15.0 Å². The van der Waals surface area contributed by atoms with Crippen LogP contribution in [-0.2, 0) is 0 Å². The van der Waals surface area contributed by atoms with Crippen LogP contribution < -0.4 is 4.90 Å². The SMILES string of the molecule is CCSc1ccc(C(=O)N2CCCN(c3ncccn3)CC2)cn1. The fraction of sp³-hybridized carbons (Fsp3) is 0.412. The highest BCUT2D eigenvalue weighted by atomic mass is 32.2. The summed E-state index contributed by atoms with van der Waals surface area (Å²) in [6, 6.07) is 5.60. The van der Waals surface area contributed by atoms with E-state index < -0.39 is 0 Å². The van der Waals surface area contributed by atoms with Gasteiger partial charge >= 0.3 is 0 Å². The third-order valence-electron chi connectivity index (χ3n) is 3.89. The number of anilines is 1. The average molecular weight is 343 g/mol. The van der Waals surface area contributed by atoms with Gasteiger partial charge in [-0.3, -0.25) is 4.79 Å². The van der Waals surface area contributed by atoms with Crippen molar-refractivity contribution in [2.75, 3.05) is 36.8 Å². The highest BCUT2D eigenvalue weighted by Crippen LogP contribution is 2.16. The second kappa shape index (κ2) is 8.10. The standard InChI is InChI=1S/C17H21N5OS/c1-2-24-15-6-5-14(13-20-15)16(23)21-9-4-10-22(12-11-21)17-18-7-3-8-19-17/h3,5-8,13H,2,4,9-12H2,1H3. The Bertz CT molecular complexity index is 664. The highest BCUT2D eigenvalue weighted by Gasteiger charge is 2.21. The molecule has 1 saturated heterocycles. The molecule has 126 valence electrons. The van der Waals surface area contributed by atoms with Gasteiger partial charge in [0.25, 0.3) is 5.91 Å². The molecule has 6 nitrogen and oxygen atoms in total. The Morgan fingerprint density at radius 3 is 2.67 bits per heavy atom. The molecule has 2 aromatic rings. The molecule has 0 atom stereocenters. The first kappa shape index (κ1) is 16.7. The predicted molar refractivity (Wildman–Crippen MR) is 95.4 cm³/mol. The molecule has 0 aliphatic carbocycles. The molecule has 7 heteroatoms. The predicted octanol–water partition coefficient (Wildman–Crippen LogP) is 2.34. The second-order valence-corrected chi connectivity index (χ2v) is 6.78. The topological polar surface area (TPSA) is 62.2 Å². The van der Waals surface area contributed by atoms with E-state index in [2.05, 4.69) is 26.8 Å². The van der Waals surface area contributed by atoms with E-state index in [0.29, 0.717) is 12.1 Å². The number of nitrogens with zero attached hydrogens (tertiary/aromatic N) is 5. The summed E-state index contributed by atoms with van der Waals surface area (Å²) >= 11 is 1.68. The zero-order chi connectivity index (χ0) is 16.8. The Kier molecular flexibility index (Phi) is 5.63. The third-order valence-corrected chi connectivity index (χ3v) is 4.72. The maximum absolute atomic E-state index is 12.7. The summed E-state index contributed by atoms with van der Waals surface area (Å²) in [5, 5.41) is 0.956. The van der Waals surface area contributed by atoms with Crippen molar-refractivity contribution in [3.05, 3.63) is 42.4 Å². The van der Waals surface area contributed by atoms with Gasteiger partial charge < -0.3 is 9.80 Å². The van der Waals surface area contributed by atoms with E-state index in [1.807, 2.05) is 23.1 Å². The lowest BCUT2D eigenvalue weighted by molar-refractivity contribution is 0.0766. The third kappa shape index (κ3) is 4.03. The van der Waals surface area contributed by atoms with Crippen molar-refractivity contribution in [3.8, 4) is 0 Å². The molecule has 0 bridgehead atoms. The van der Waals surface area contributed by atoms with Gasteiger partial charge in [0.2, 0.25) is 5.95 Å². The van der Waals surface area contributed by atoms with Crippen LogP contribution in [0.1, 0.15) is 23.7 Å². The minimum absolute atomic E-state index is 0.0476. The van der Waals surface area contributed by atoms with Crippen LogP contribution in [0.2, 0.25) is 0 Å². The van der Waals surface area contributed by atoms with Crippen LogP contribution in [-0.4, -0.2) is 57.7 Å². The van der Waals surface area contributed by atoms with Gasteiger partial charge in [-0.2, -0.15) is 0 Å². The van der Waals surface area contributed by atoms with Gasteiger partial charge in [0.05, 0.1) is 10.6 Å². The Morgan fingerprint density at radius 1 is 1.12 bits per heavy atom. The van der Waals surface area contributed by atoms with Crippen LogP contribution in [0.3, 0.4) is 0 Å². The Morgan fingerprint density at radius 2 is 1.96 bits per heavy atom. The van der Waals surface area contributed by atoms with E-state index in [4.69, 9.17) is 0 Å². The van der Waals surface area contributed by atoms with Crippen LogP contribution in [0.15, 0.2) is 41.8 Å². The molecule has 1 amide bonds. The average Bonchev–Trinajstić information content (AvgIpc) is 2.89. The smallest absolute Gasteiger partial charge is 0.255 e. The second-order valence-electron chi connectivity index (χ2n) is 5.50. The van der Waals surface area contributed by atoms with E-state index in [9.17, 15) is 4.79 Å². The number of carbonyl (C=O) groups excluding carboxylic acids is 1. The molecule has 3 rings (SSSR count). The number of thioether (sulfide) groups is 1. The lowest BCUT2D eigenvalue weighted by atomic mass is 10.2. The molecule has 3 heterocycles. The summed E-state index contributed by atoms with van der Waals surface area (Å²) in [5.41, 5.74) is 0.653. The minimum Gasteiger partial charge on any atom is -0.339 e. The van der Waals surface area contributed by atoms with Crippen LogP contribution >= 0.6 is 11.8 Å². The normalized spacial score (nSPS) is 15.2. The molecule has 0 spiro atoms. The summed E-state index contributed by atoms with van der Waals surface area (Å²) in [4.78, 5) is 29.7. The maximum Gasteiger partial charge on any atom is 0.255 e. The monoisotopic (exact) mass is 343 g/mol. The summed E-state index contributed by atoms with van der Waals surface area (Å²) < 4.78 is 0. The van der Waals surface area contributed by atoms with Gasteiger partial charge in [0, 0.05) is 44.8 Å². The Hall–Kier alpha value is -2.15. The molecule has 1 aliphatic rings. The molecular formula is C17H21N5OS. The molecule has 0 radical (unpaired) electrons. The van der Waals surface area contributed by atoms with Crippen LogP contribution in [0.4, 0.5) is 5.95 Å². The van der Waals surface area contributed by atoms with Gasteiger partial charge in [0.15, 0.2) is 0 Å². The van der Waals surface area contributed by atoms with E-state index >= 15 is 0 Å². The molecule has 1 fully saturated rings. The summed E-state index contributed by atoms with van der Waals surface area (Å²) in [7, 11) is 0. The first-order chi connectivity index (χ1) is 11.8. The number of aromatic nitrogens is 3. The quantitative estimate of drug-likeness (QED) is 0.794. The Labute approximate surface area is 146 Å². The molecule has 1 aliphatic heterocycles. The van der Waals surface area contributed by atoms with Crippen molar-refractivity contribution < 1.29 is 4.79 Å². The molecular weight excluding hydrogens is 322 g/mol.